The van der Waals surface area contributed by atoms with E-state index in [4.69, 9.17) is 9.47 Å². The number of rotatable bonds is 4. The first-order valence-corrected chi connectivity index (χ1v) is 15.2. The summed E-state index contributed by atoms with van der Waals surface area (Å²) in [5.74, 6) is -3.15. The van der Waals surface area contributed by atoms with E-state index in [-0.39, 0.29) is 50.0 Å². The number of aliphatic hydroxyl groups excluding tert-OH is 1. The zero-order valence-corrected chi connectivity index (χ0v) is 23.7. The van der Waals surface area contributed by atoms with Crippen LogP contribution in [0.15, 0.2) is 54.6 Å². The lowest BCUT2D eigenvalue weighted by molar-refractivity contribution is -0.149. The smallest absolute Gasteiger partial charge is 0.306 e. The third kappa shape index (κ3) is 5.04. The van der Waals surface area contributed by atoms with Crippen LogP contribution >= 0.6 is 0 Å². The molecule has 10 nitrogen and oxygen atoms in total. The molecule has 1 spiro atoms. The normalized spacial score (nSPS) is 34.8. The molecule has 3 fully saturated rings. The molecule has 5 bridgehead atoms. The Bertz CT molecular complexity index is 1260. The van der Waals surface area contributed by atoms with Crippen molar-refractivity contribution in [1.82, 2.24) is 15.1 Å². The highest BCUT2D eigenvalue weighted by atomic mass is 16.5. The van der Waals surface area contributed by atoms with Crippen LogP contribution in [0.1, 0.15) is 56.6 Å². The van der Waals surface area contributed by atoms with Crippen molar-refractivity contribution in [3.8, 4) is 0 Å². The molecular formula is C32H39N3O7. The van der Waals surface area contributed by atoms with Gasteiger partial charge in [0.2, 0.25) is 17.7 Å². The van der Waals surface area contributed by atoms with Crippen molar-refractivity contribution < 1.29 is 33.8 Å². The third-order valence-corrected chi connectivity index (χ3v) is 9.46. The summed E-state index contributed by atoms with van der Waals surface area (Å²) in [7, 11) is 0. The van der Waals surface area contributed by atoms with Gasteiger partial charge in [-0.25, -0.2) is 0 Å². The number of carbonyl (C=O) groups excluding carboxylic acids is 4. The summed E-state index contributed by atoms with van der Waals surface area (Å²) in [6.45, 7) is -0.0544. The zero-order chi connectivity index (χ0) is 29.3. The maximum atomic E-state index is 14.6. The van der Waals surface area contributed by atoms with Gasteiger partial charge in [0.05, 0.1) is 30.6 Å². The van der Waals surface area contributed by atoms with Gasteiger partial charge in [-0.05, 0) is 24.8 Å². The van der Waals surface area contributed by atoms with Gasteiger partial charge in [0.15, 0.2) is 0 Å². The minimum absolute atomic E-state index is 0.0118. The van der Waals surface area contributed by atoms with E-state index in [0.29, 0.717) is 13.0 Å². The maximum Gasteiger partial charge on any atom is 0.306 e. The molecule has 10 heteroatoms. The summed E-state index contributed by atoms with van der Waals surface area (Å²) >= 11 is 0. The van der Waals surface area contributed by atoms with Crippen LogP contribution in [0.3, 0.4) is 0 Å². The Morgan fingerprint density at radius 3 is 2.55 bits per heavy atom. The monoisotopic (exact) mass is 577 g/mol. The van der Waals surface area contributed by atoms with E-state index >= 15 is 0 Å². The van der Waals surface area contributed by atoms with Gasteiger partial charge in [0.1, 0.15) is 18.2 Å². The highest BCUT2D eigenvalue weighted by molar-refractivity contribution is 6.00. The summed E-state index contributed by atoms with van der Waals surface area (Å²) in [4.78, 5) is 58.4. The molecular weight excluding hydrogens is 538 g/mol. The van der Waals surface area contributed by atoms with E-state index < -0.39 is 41.5 Å². The molecule has 0 unspecified atom stereocenters. The largest absolute Gasteiger partial charge is 0.463 e. The second-order valence-electron chi connectivity index (χ2n) is 11.9. The van der Waals surface area contributed by atoms with Crippen molar-refractivity contribution in [2.45, 2.75) is 74.8 Å². The van der Waals surface area contributed by atoms with Crippen molar-refractivity contribution in [2.75, 3.05) is 26.3 Å². The fourth-order valence-corrected chi connectivity index (χ4v) is 7.49. The van der Waals surface area contributed by atoms with Crippen LogP contribution in [-0.2, 0) is 28.7 Å². The number of likely N-dealkylation sites (tertiary alicyclic amines) is 1. The molecule has 2 saturated heterocycles. The van der Waals surface area contributed by atoms with Gasteiger partial charge in [-0.3, -0.25) is 19.2 Å². The maximum absolute atomic E-state index is 14.6. The van der Waals surface area contributed by atoms with Crippen LogP contribution in [0.2, 0.25) is 0 Å². The van der Waals surface area contributed by atoms with Crippen LogP contribution in [0.25, 0.3) is 0 Å². The van der Waals surface area contributed by atoms with Crippen LogP contribution < -0.4 is 5.32 Å². The number of nitrogens with zero attached hydrogens (tertiary/aromatic N) is 2. The fourth-order valence-electron chi connectivity index (χ4n) is 7.49. The molecule has 6 rings (SSSR count). The molecule has 1 aliphatic carbocycles. The predicted octanol–water partition coefficient (Wildman–Crippen LogP) is 2.04. The number of ether oxygens (including phenoxy) is 2. The summed E-state index contributed by atoms with van der Waals surface area (Å²) in [6.07, 6.45) is 12.2. The second kappa shape index (κ2) is 12.0. The van der Waals surface area contributed by atoms with Crippen molar-refractivity contribution in [3.05, 3.63) is 60.2 Å². The summed E-state index contributed by atoms with van der Waals surface area (Å²) in [5, 5.41) is 13.0. The average molecular weight is 578 g/mol. The van der Waals surface area contributed by atoms with Crippen molar-refractivity contribution >= 4 is 23.7 Å². The number of aliphatic hydroxyl groups is 1. The van der Waals surface area contributed by atoms with Crippen molar-refractivity contribution in [1.29, 1.82) is 0 Å². The van der Waals surface area contributed by atoms with E-state index in [9.17, 15) is 24.3 Å². The Morgan fingerprint density at radius 2 is 1.79 bits per heavy atom. The molecule has 224 valence electrons. The van der Waals surface area contributed by atoms with Crippen LogP contribution in [0.4, 0.5) is 0 Å². The topological polar surface area (TPSA) is 125 Å². The van der Waals surface area contributed by atoms with Gasteiger partial charge >= 0.3 is 5.97 Å². The van der Waals surface area contributed by atoms with Crippen molar-refractivity contribution in [2.24, 2.45) is 11.8 Å². The first-order valence-electron chi connectivity index (χ1n) is 15.2. The molecule has 2 N–H and O–H groups in total. The Balaban J connectivity index is 1.39. The molecule has 4 heterocycles. The van der Waals surface area contributed by atoms with Gasteiger partial charge in [-0.15, -0.1) is 0 Å². The number of allylic oxidation sites excluding steroid dienone is 1. The Hall–Kier alpha value is -3.50. The average Bonchev–Trinajstić information content (AvgIpc) is 3.65. The summed E-state index contributed by atoms with van der Waals surface area (Å²) in [6, 6.07) is 7.65. The van der Waals surface area contributed by atoms with E-state index in [1.165, 1.54) is 4.90 Å². The van der Waals surface area contributed by atoms with Crippen LogP contribution in [0.5, 0.6) is 0 Å². The first kappa shape index (κ1) is 28.6. The molecule has 0 aromatic heterocycles. The molecule has 1 aromatic rings. The Kier molecular flexibility index (Phi) is 8.18. The molecule has 0 radical (unpaired) electrons. The molecule has 42 heavy (non-hydrogen) atoms. The minimum atomic E-state index is -1.30. The number of benzene rings is 1. The number of nitrogens with one attached hydrogen (secondary N) is 1. The number of hydrogen-bond acceptors (Lipinski definition) is 7. The number of carbonyl (C=O) groups is 4. The number of esters is 1. The zero-order valence-electron chi connectivity index (χ0n) is 23.7. The van der Waals surface area contributed by atoms with E-state index in [0.717, 1.165) is 37.7 Å². The predicted molar refractivity (Wildman–Crippen MR) is 152 cm³/mol. The van der Waals surface area contributed by atoms with Gasteiger partial charge in [-0.1, -0.05) is 73.9 Å². The lowest BCUT2D eigenvalue weighted by Gasteiger charge is -2.40. The van der Waals surface area contributed by atoms with Crippen LogP contribution in [0, 0.1) is 11.8 Å². The third-order valence-electron chi connectivity index (χ3n) is 9.46. The molecule has 3 amide bonds. The molecule has 1 saturated carbocycles. The number of amides is 3. The molecule has 5 aliphatic rings. The number of hydrogen-bond donors (Lipinski definition) is 2. The van der Waals surface area contributed by atoms with Crippen molar-refractivity contribution in [3.63, 3.8) is 0 Å². The SMILES string of the molecule is O=C1CC/C=C\CN(C2CCCCC2)C(=O)[C@@H]2N(CCO)C(=O)[C@H]3[C@H](C(=O)N[C@H](c4ccccc4)CO1)[C@@H]1C=C[C@]23O1. The molecule has 1 aromatic carbocycles. The quantitative estimate of drug-likeness (QED) is 0.415. The van der Waals surface area contributed by atoms with E-state index in [1.54, 1.807) is 12.2 Å². The highest BCUT2D eigenvalue weighted by Crippen LogP contribution is 2.55. The number of β-amino-alcohol motifs (C(OH)–C–C–N with tert-alkyl or cyclic N) is 1. The second-order valence-corrected chi connectivity index (χ2v) is 11.9. The molecule has 4 aliphatic heterocycles. The number of fused-ring (bicyclic) bond motifs is 2. The lowest BCUT2D eigenvalue weighted by atomic mass is 9.74. The lowest BCUT2D eigenvalue weighted by Crippen LogP contribution is -2.58. The minimum Gasteiger partial charge on any atom is -0.463 e. The Morgan fingerprint density at radius 1 is 1.00 bits per heavy atom. The summed E-state index contributed by atoms with van der Waals surface area (Å²) in [5.41, 5.74) is -0.531. The van der Waals surface area contributed by atoms with E-state index in [2.05, 4.69) is 5.32 Å². The van der Waals surface area contributed by atoms with E-state index in [1.807, 2.05) is 47.4 Å². The summed E-state index contributed by atoms with van der Waals surface area (Å²) < 4.78 is 12.1. The standard InChI is InChI=1S/C32H39N3O7/c36-19-18-35-28-31(40)34(22-12-6-2-7-13-22)17-9-3-8-14-25(37)41-20-23(21-10-4-1-5-11-21)33-29(38)26-24-15-16-32(28,42-24)27(26)30(35)39/h1,3-5,9-11,15-16,22-24,26-28,36H,2,6-8,12-14,17-20H2,(H,33,38)/b9-3-/t23-,24-,26+,27+,28-,32+/m0/s1. The van der Waals surface area contributed by atoms with Crippen LogP contribution in [-0.4, -0.2) is 88.7 Å². The number of cyclic esters (lactones) is 1. The first-order chi connectivity index (χ1) is 20.4. The van der Waals surface area contributed by atoms with Gasteiger partial charge in [-0.2, -0.15) is 0 Å². The fraction of sp³-hybridized carbons (Fsp3) is 0.562. The highest BCUT2D eigenvalue weighted by Gasteiger charge is 2.73. The Labute approximate surface area is 245 Å². The van der Waals surface area contributed by atoms with Gasteiger partial charge < -0.3 is 29.7 Å². The van der Waals surface area contributed by atoms with Gasteiger partial charge in [0.25, 0.3) is 0 Å². The van der Waals surface area contributed by atoms with Gasteiger partial charge in [0, 0.05) is 25.6 Å². The molecule has 6 atom stereocenters.